The van der Waals surface area contributed by atoms with Crippen molar-refractivity contribution >= 4 is 28.9 Å². The van der Waals surface area contributed by atoms with Crippen LogP contribution in [-0.4, -0.2) is 24.4 Å². The number of halogens is 2. The molecule has 1 atom stereocenters. The molecule has 0 fully saturated rings. The number of fused-ring (bicyclic) bond motifs is 1. The van der Waals surface area contributed by atoms with E-state index in [0.717, 1.165) is 5.56 Å². The van der Waals surface area contributed by atoms with E-state index in [2.05, 4.69) is 5.48 Å². The van der Waals surface area contributed by atoms with Gasteiger partial charge in [-0.3, -0.25) is 10.3 Å². The van der Waals surface area contributed by atoms with E-state index in [1.165, 1.54) is 7.11 Å². The van der Waals surface area contributed by atoms with Crippen LogP contribution in [0.1, 0.15) is 12.5 Å². The average Bonchev–Trinajstić information content (AvgIpc) is 2.64. The van der Waals surface area contributed by atoms with Crippen molar-refractivity contribution in [3.8, 4) is 5.75 Å². The third kappa shape index (κ3) is 2.18. The second-order valence-corrected chi connectivity index (χ2v) is 4.99. The maximum Gasteiger partial charge on any atom is 0.143 e. The molecule has 1 aliphatic rings. The lowest BCUT2D eigenvalue weighted by Crippen LogP contribution is -2.34. The van der Waals surface area contributed by atoms with Crippen LogP contribution in [0, 0.1) is 0 Å². The van der Waals surface area contributed by atoms with Gasteiger partial charge in [0.25, 0.3) is 0 Å². The van der Waals surface area contributed by atoms with Crippen LogP contribution < -0.4 is 10.2 Å². The van der Waals surface area contributed by atoms with Crippen molar-refractivity contribution in [2.45, 2.75) is 18.9 Å². The summed E-state index contributed by atoms with van der Waals surface area (Å²) < 4.78 is 5.65. The second-order valence-electron chi connectivity index (χ2n) is 4.23. The molecule has 2 rings (SSSR count). The molecule has 1 aromatic carbocycles. The standard InChI is InChI=1S/C11H13Cl2NO3/c1-11(5-15)4-6-3-7(14-16-2)8(12)9(13)10(6)17-11/h3,14-15H,4-5H2,1-2H3. The first kappa shape index (κ1) is 12.8. The number of ether oxygens (including phenoxy) is 1. The maximum absolute atomic E-state index is 9.29. The molecule has 0 saturated heterocycles. The molecule has 94 valence electrons. The van der Waals surface area contributed by atoms with Crippen molar-refractivity contribution in [1.29, 1.82) is 0 Å². The Morgan fingerprint density at radius 2 is 2.24 bits per heavy atom. The molecular formula is C11H13Cl2NO3. The van der Waals surface area contributed by atoms with Gasteiger partial charge in [0.15, 0.2) is 0 Å². The maximum atomic E-state index is 9.29. The highest BCUT2D eigenvalue weighted by Crippen LogP contribution is 2.46. The Morgan fingerprint density at radius 1 is 1.53 bits per heavy atom. The normalized spacial score (nSPS) is 22.2. The molecule has 0 aromatic heterocycles. The fourth-order valence-corrected chi connectivity index (χ4v) is 2.30. The lowest BCUT2D eigenvalue weighted by molar-refractivity contribution is 0.0447. The topological polar surface area (TPSA) is 50.7 Å². The van der Waals surface area contributed by atoms with E-state index in [0.29, 0.717) is 27.9 Å². The van der Waals surface area contributed by atoms with Crippen LogP contribution in [0.5, 0.6) is 5.75 Å². The molecule has 4 nitrogen and oxygen atoms in total. The second kappa shape index (κ2) is 4.53. The minimum atomic E-state index is -0.638. The summed E-state index contributed by atoms with van der Waals surface area (Å²) in [6.07, 6.45) is 0.577. The van der Waals surface area contributed by atoms with E-state index in [4.69, 9.17) is 32.8 Å². The van der Waals surface area contributed by atoms with Crippen LogP contribution in [0.4, 0.5) is 5.69 Å². The van der Waals surface area contributed by atoms with Crippen molar-refractivity contribution in [2.75, 3.05) is 19.2 Å². The van der Waals surface area contributed by atoms with Gasteiger partial charge < -0.3 is 9.84 Å². The van der Waals surface area contributed by atoms with Crippen molar-refractivity contribution in [1.82, 2.24) is 0 Å². The van der Waals surface area contributed by atoms with Gasteiger partial charge in [-0.05, 0) is 13.0 Å². The first-order valence-electron chi connectivity index (χ1n) is 5.10. The summed E-state index contributed by atoms with van der Waals surface area (Å²) in [5, 5.41) is 9.97. The van der Waals surface area contributed by atoms with Crippen molar-refractivity contribution in [3.05, 3.63) is 21.7 Å². The number of benzene rings is 1. The van der Waals surface area contributed by atoms with E-state index in [9.17, 15) is 5.11 Å². The molecule has 0 saturated carbocycles. The molecular weight excluding hydrogens is 265 g/mol. The number of aliphatic hydroxyl groups excluding tert-OH is 1. The lowest BCUT2D eigenvalue weighted by atomic mass is 10.0. The van der Waals surface area contributed by atoms with Gasteiger partial charge in [0.2, 0.25) is 0 Å². The Hall–Kier alpha value is -0.680. The number of aliphatic hydroxyl groups is 1. The predicted octanol–water partition coefficient (Wildman–Crippen LogP) is 2.65. The molecule has 0 radical (unpaired) electrons. The number of hydrogen-bond donors (Lipinski definition) is 2. The quantitative estimate of drug-likeness (QED) is 0.834. The SMILES string of the molecule is CONc1cc2c(c(Cl)c1Cl)OC(C)(CO)C2. The van der Waals surface area contributed by atoms with Crippen molar-refractivity contribution < 1.29 is 14.7 Å². The number of rotatable bonds is 3. The molecule has 2 N–H and O–H groups in total. The van der Waals surface area contributed by atoms with Gasteiger partial charge in [0.05, 0.1) is 24.4 Å². The van der Waals surface area contributed by atoms with Gasteiger partial charge in [-0.25, -0.2) is 0 Å². The predicted molar refractivity (Wildman–Crippen MR) is 66.9 cm³/mol. The highest BCUT2D eigenvalue weighted by molar-refractivity contribution is 6.44. The minimum Gasteiger partial charge on any atom is -0.483 e. The smallest absolute Gasteiger partial charge is 0.143 e. The summed E-state index contributed by atoms with van der Waals surface area (Å²) >= 11 is 12.2. The Kier molecular flexibility index (Phi) is 3.41. The van der Waals surface area contributed by atoms with Gasteiger partial charge in [-0.2, -0.15) is 0 Å². The molecule has 1 heterocycles. The van der Waals surface area contributed by atoms with Crippen molar-refractivity contribution in [2.24, 2.45) is 0 Å². The zero-order chi connectivity index (χ0) is 12.6. The van der Waals surface area contributed by atoms with Crippen LogP contribution in [-0.2, 0) is 11.3 Å². The van der Waals surface area contributed by atoms with E-state index >= 15 is 0 Å². The molecule has 0 bridgehead atoms. The highest BCUT2D eigenvalue weighted by atomic mass is 35.5. The summed E-state index contributed by atoms with van der Waals surface area (Å²) in [4.78, 5) is 4.82. The van der Waals surface area contributed by atoms with Gasteiger partial charge in [0.1, 0.15) is 16.4 Å². The summed E-state index contributed by atoms with van der Waals surface area (Å²) in [6, 6.07) is 1.81. The molecule has 0 spiro atoms. The Morgan fingerprint density at radius 3 is 2.82 bits per heavy atom. The Labute approximate surface area is 109 Å². The molecule has 6 heteroatoms. The number of hydrogen-bond acceptors (Lipinski definition) is 4. The third-order valence-corrected chi connectivity index (χ3v) is 3.55. The fraction of sp³-hybridized carbons (Fsp3) is 0.455. The highest BCUT2D eigenvalue weighted by Gasteiger charge is 2.37. The summed E-state index contributed by atoms with van der Waals surface area (Å²) in [7, 11) is 1.49. The molecule has 1 unspecified atom stereocenters. The van der Waals surface area contributed by atoms with E-state index in [1.807, 2.05) is 13.0 Å². The largest absolute Gasteiger partial charge is 0.483 e. The average molecular weight is 278 g/mol. The van der Waals surface area contributed by atoms with Gasteiger partial charge in [0, 0.05) is 12.0 Å². The summed E-state index contributed by atoms with van der Waals surface area (Å²) in [5.74, 6) is 0.537. The Bertz CT molecular complexity index is 453. The minimum absolute atomic E-state index is 0.0807. The summed E-state index contributed by atoms with van der Waals surface area (Å²) in [6.45, 7) is 1.74. The fourth-order valence-electron chi connectivity index (χ4n) is 1.86. The zero-order valence-corrected chi connectivity index (χ0v) is 11.0. The summed E-state index contributed by atoms with van der Waals surface area (Å²) in [5.41, 5.74) is 3.50. The van der Waals surface area contributed by atoms with Gasteiger partial charge in [-0.15, -0.1) is 0 Å². The Balaban J connectivity index is 2.45. The van der Waals surface area contributed by atoms with Crippen LogP contribution in [0.15, 0.2) is 6.07 Å². The van der Waals surface area contributed by atoms with Crippen LogP contribution in [0.3, 0.4) is 0 Å². The van der Waals surface area contributed by atoms with E-state index in [1.54, 1.807) is 0 Å². The van der Waals surface area contributed by atoms with Crippen molar-refractivity contribution in [3.63, 3.8) is 0 Å². The van der Waals surface area contributed by atoms with E-state index < -0.39 is 5.60 Å². The van der Waals surface area contributed by atoms with Crippen LogP contribution >= 0.6 is 23.2 Å². The molecule has 1 aromatic rings. The molecule has 0 amide bonds. The number of nitrogens with one attached hydrogen (secondary N) is 1. The van der Waals surface area contributed by atoms with Crippen LogP contribution in [0.25, 0.3) is 0 Å². The van der Waals surface area contributed by atoms with E-state index in [-0.39, 0.29) is 6.61 Å². The molecule has 0 aliphatic carbocycles. The third-order valence-electron chi connectivity index (χ3n) is 2.70. The van der Waals surface area contributed by atoms with Crippen LogP contribution in [0.2, 0.25) is 10.0 Å². The number of anilines is 1. The first-order chi connectivity index (χ1) is 8.00. The molecule has 1 aliphatic heterocycles. The first-order valence-corrected chi connectivity index (χ1v) is 5.86. The van der Waals surface area contributed by atoms with Gasteiger partial charge >= 0.3 is 0 Å². The zero-order valence-electron chi connectivity index (χ0n) is 9.51. The monoisotopic (exact) mass is 277 g/mol. The molecule has 17 heavy (non-hydrogen) atoms. The lowest BCUT2D eigenvalue weighted by Gasteiger charge is -2.20. The van der Waals surface area contributed by atoms with Gasteiger partial charge in [-0.1, -0.05) is 23.2 Å².